The molecule has 0 aliphatic rings. The highest BCUT2D eigenvalue weighted by Gasteiger charge is 2.22. The van der Waals surface area contributed by atoms with Crippen molar-refractivity contribution in [1.29, 1.82) is 0 Å². The van der Waals surface area contributed by atoms with Crippen molar-refractivity contribution < 1.29 is 14.5 Å². The lowest BCUT2D eigenvalue weighted by atomic mass is 10.4. The summed E-state index contributed by atoms with van der Waals surface area (Å²) in [6.45, 7) is 4.00. The Hall–Kier alpha value is -1.92. The SMILES string of the molecule is CCOC(=O)c1cc([N+](=O)[O-])nn1CC. The van der Waals surface area contributed by atoms with Crippen molar-refractivity contribution in [3.05, 3.63) is 21.9 Å². The van der Waals surface area contributed by atoms with E-state index in [0.29, 0.717) is 6.54 Å². The zero-order valence-electron chi connectivity index (χ0n) is 8.47. The minimum Gasteiger partial charge on any atom is -0.461 e. The van der Waals surface area contributed by atoms with Gasteiger partial charge in [0.1, 0.15) is 0 Å². The molecule has 0 amide bonds. The molecule has 1 heterocycles. The lowest BCUT2D eigenvalue weighted by Crippen LogP contribution is -2.12. The van der Waals surface area contributed by atoms with Gasteiger partial charge < -0.3 is 14.9 Å². The summed E-state index contributed by atoms with van der Waals surface area (Å²) in [5.41, 5.74) is 0.103. The number of ether oxygens (including phenoxy) is 1. The summed E-state index contributed by atoms with van der Waals surface area (Å²) >= 11 is 0. The smallest absolute Gasteiger partial charge is 0.390 e. The third-order valence-corrected chi connectivity index (χ3v) is 1.74. The van der Waals surface area contributed by atoms with E-state index in [2.05, 4.69) is 5.10 Å². The Labute approximate surface area is 85.8 Å². The van der Waals surface area contributed by atoms with Crippen LogP contribution in [0.2, 0.25) is 0 Å². The number of hydrogen-bond acceptors (Lipinski definition) is 5. The number of carbonyl (C=O) groups excluding carboxylic acids is 1. The first kappa shape index (κ1) is 11.2. The zero-order valence-corrected chi connectivity index (χ0v) is 8.47. The second-order valence-electron chi connectivity index (χ2n) is 2.68. The maximum absolute atomic E-state index is 11.4. The molecule has 1 aromatic rings. The van der Waals surface area contributed by atoms with Crippen LogP contribution in [0.5, 0.6) is 0 Å². The van der Waals surface area contributed by atoms with E-state index >= 15 is 0 Å². The van der Waals surface area contributed by atoms with E-state index in [9.17, 15) is 14.9 Å². The van der Waals surface area contributed by atoms with Crippen LogP contribution in [-0.4, -0.2) is 27.3 Å². The van der Waals surface area contributed by atoms with Crippen molar-refractivity contribution >= 4 is 11.8 Å². The predicted molar refractivity (Wildman–Crippen MR) is 50.5 cm³/mol. The van der Waals surface area contributed by atoms with E-state index in [1.165, 1.54) is 4.68 Å². The van der Waals surface area contributed by atoms with Gasteiger partial charge in [0.25, 0.3) is 0 Å². The van der Waals surface area contributed by atoms with Gasteiger partial charge in [-0.3, -0.25) is 0 Å². The van der Waals surface area contributed by atoms with Gasteiger partial charge in [0.15, 0.2) is 5.69 Å². The Bertz CT molecular complexity index is 385. The monoisotopic (exact) mass is 213 g/mol. The van der Waals surface area contributed by atoms with Gasteiger partial charge in [0.2, 0.25) is 0 Å². The average Bonchev–Trinajstić information content (AvgIpc) is 2.61. The number of aryl methyl sites for hydroxylation is 1. The van der Waals surface area contributed by atoms with Crippen LogP contribution < -0.4 is 0 Å². The number of carbonyl (C=O) groups is 1. The Balaban J connectivity index is 3.05. The molecule has 82 valence electrons. The molecule has 0 saturated carbocycles. The highest BCUT2D eigenvalue weighted by Crippen LogP contribution is 2.12. The Morgan fingerprint density at radius 2 is 2.33 bits per heavy atom. The van der Waals surface area contributed by atoms with Crippen LogP contribution in [0.3, 0.4) is 0 Å². The van der Waals surface area contributed by atoms with E-state index < -0.39 is 10.9 Å². The van der Waals surface area contributed by atoms with Crippen LogP contribution in [0.1, 0.15) is 24.3 Å². The number of nitrogens with zero attached hydrogens (tertiary/aromatic N) is 3. The van der Waals surface area contributed by atoms with Gasteiger partial charge in [-0.2, -0.15) is 4.68 Å². The first-order valence-corrected chi connectivity index (χ1v) is 4.49. The lowest BCUT2D eigenvalue weighted by molar-refractivity contribution is -0.389. The van der Waals surface area contributed by atoms with Gasteiger partial charge in [0.05, 0.1) is 24.3 Å². The number of hydrogen-bond donors (Lipinski definition) is 0. The third kappa shape index (κ3) is 2.30. The van der Waals surface area contributed by atoms with Gasteiger partial charge in [-0.05, 0) is 18.8 Å². The molecule has 1 aromatic heterocycles. The minimum absolute atomic E-state index is 0.103. The van der Waals surface area contributed by atoms with Crippen molar-refractivity contribution in [2.45, 2.75) is 20.4 Å². The van der Waals surface area contributed by atoms with Crippen molar-refractivity contribution in [2.75, 3.05) is 6.61 Å². The summed E-state index contributed by atoms with van der Waals surface area (Å²) in [6, 6.07) is 1.11. The van der Waals surface area contributed by atoms with Crippen LogP contribution in [0.4, 0.5) is 5.82 Å². The molecule has 7 heteroatoms. The molecular weight excluding hydrogens is 202 g/mol. The molecule has 15 heavy (non-hydrogen) atoms. The molecule has 0 spiro atoms. The van der Waals surface area contributed by atoms with Gasteiger partial charge in [-0.25, -0.2) is 4.79 Å². The molecule has 7 nitrogen and oxygen atoms in total. The second-order valence-corrected chi connectivity index (χ2v) is 2.68. The molecule has 0 saturated heterocycles. The number of aromatic nitrogens is 2. The van der Waals surface area contributed by atoms with Gasteiger partial charge >= 0.3 is 11.8 Å². The molecule has 0 unspecified atom stereocenters. The fourth-order valence-corrected chi connectivity index (χ4v) is 1.10. The lowest BCUT2D eigenvalue weighted by Gasteiger charge is -1.99. The molecule has 0 N–H and O–H groups in total. The molecule has 0 aromatic carbocycles. The molecule has 0 radical (unpaired) electrons. The van der Waals surface area contributed by atoms with Crippen molar-refractivity contribution in [3.63, 3.8) is 0 Å². The van der Waals surface area contributed by atoms with Crippen molar-refractivity contribution in [2.24, 2.45) is 0 Å². The molecule has 0 aliphatic heterocycles. The molecule has 0 atom stereocenters. The predicted octanol–water partition coefficient (Wildman–Crippen LogP) is 0.988. The molecule has 0 fully saturated rings. The van der Waals surface area contributed by atoms with Gasteiger partial charge in [-0.1, -0.05) is 0 Å². The first-order valence-electron chi connectivity index (χ1n) is 4.49. The van der Waals surface area contributed by atoms with Crippen LogP contribution in [0.25, 0.3) is 0 Å². The highest BCUT2D eigenvalue weighted by molar-refractivity contribution is 5.88. The average molecular weight is 213 g/mol. The number of esters is 1. The van der Waals surface area contributed by atoms with Crippen LogP contribution >= 0.6 is 0 Å². The van der Waals surface area contributed by atoms with E-state index in [0.717, 1.165) is 6.07 Å². The first-order chi connectivity index (χ1) is 7.10. The Morgan fingerprint density at radius 1 is 1.67 bits per heavy atom. The van der Waals surface area contributed by atoms with Crippen LogP contribution in [0, 0.1) is 10.1 Å². The summed E-state index contributed by atoms with van der Waals surface area (Å²) in [6.07, 6.45) is 0. The summed E-state index contributed by atoms with van der Waals surface area (Å²) in [5, 5.41) is 14.1. The van der Waals surface area contributed by atoms with E-state index in [1.807, 2.05) is 0 Å². The summed E-state index contributed by atoms with van der Waals surface area (Å²) in [7, 11) is 0. The quantitative estimate of drug-likeness (QED) is 0.422. The van der Waals surface area contributed by atoms with Gasteiger partial charge in [-0.15, -0.1) is 0 Å². The van der Waals surface area contributed by atoms with E-state index in [4.69, 9.17) is 4.74 Å². The van der Waals surface area contributed by atoms with Crippen LogP contribution in [-0.2, 0) is 11.3 Å². The molecule has 0 aliphatic carbocycles. The highest BCUT2D eigenvalue weighted by atomic mass is 16.6. The Kier molecular flexibility index (Phi) is 3.37. The normalized spacial score (nSPS) is 10.0. The largest absolute Gasteiger partial charge is 0.461 e. The van der Waals surface area contributed by atoms with E-state index in [-0.39, 0.29) is 18.1 Å². The fourth-order valence-electron chi connectivity index (χ4n) is 1.10. The molecule has 1 rings (SSSR count). The number of nitro groups is 1. The number of rotatable bonds is 4. The zero-order chi connectivity index (χ0) is 11.4. The molecular formula is C8H11N3O4. The minimum atomic E-state index is -0.644. The summed E-state index contributed by atoms with van der Waals surface area (Å²) in [4.78, 5) is 21.2. The maximum atomic E-state index is 11.4. The van der Waals surface area contributed by atoms with E-state index in [1.54, 1.807) is 13.8 Å². The standard InChI is InChI=1S/C8H11N3O4/c1-3-10-6(8(12)15-4-2)5-7(9-10)11(13)14/h5H,3-4H2,1-2H3. The van der Waals surface area contributed by atoms with Crippen molar-refractivity contribution in [1.82, 2.24) is 9.78 Å². The molecule has 0 bridgehead atoms. The van der Waals surface area contributed by atoms with Crippen LogP contribution in [0.15, 0.2) is 6.07 Å². The topological polar surface area (TPSA) is 87.3 Å². The summed E-state index contributed by atoms with van der Waals surface area (Å²) < 4.78 is 5.99. The second kappa shape index (κ2) is 4.54. The fraction of sp³-hybridized carbons (Fsp3) is 0.500. The Morgan fingerprint density at radius 3 is 2.80 bits per heavy atom. The summed E-state index contributed by atoms with van der Waals surface area (Å²) in [5.74, 6) is -0.945. The van der Waals surface area contributed by atoms with Gasteiger partial charge in [0, 0.05) is 0 Å². The maximum Gasteiger partial charge on any atom is 0.390 e. The third-order valence-electron chi connectivity index (χ3n) is 1.74. The van der Waals surface area contributed by atoms with Crippen molar-refractivity contribution in [3.8, 4) is 0 Å².